The van der Waals surface area contributed by atoms with Gasteiger partial charge in [0.25, 0.3) is 5.91 Å². The maximum absolute atomic E-state index is 12.1. The van der Waals surface area contributed by atoms with E-state index in [1.807, 2.05) is 0 Å². The summed E-state index contributed by atoms with van der Waals surface area (Å²) in [6.07, 6.45) is 3.29. The molecule has 2 heterocycles. The molecule has 1 aliphatic carbocycles. The van der Waals surface area contributed by atoms with Crippen LogP contribution in [-0.4, -0.2) is 33.2 Å². The molecule has 0 spiro atoms. The molecular weight excluding hydrogens is 274 g/mol. The molecule has 7 heteroatoms. The normalized spacial score (nSPS) is 21.3. The van der Waals surface area contributed by atoms with Crippen LogP contribution in [0.15, 0.2) is 28.9 Å². The highest BCUT2D eigenvalue weighted by atomic mass is 16.4. The maximum Gasteiger partial charge on any atom is 0.306 e. The van der Waals surface area contributed by atoms with E-state index in [2.05, 4.69) is 15.5 Å². The van der Waals surface area contributed by atoms with Crippen LogP contribution < -0.4 is 5.32 Å². The van der Waals surface area contributed by atoms with E-state index in [0.717, 1.165) is 0 Å². The quantitative estimate of drug-likeness (QED) is 0.793. The molecule has 110 valence electrons. The second kappa shape index (κ2) is 5.43. The van der Waals surface area contributed by atoms with Crippen molar-refractivity contribution in [3.8, 4) is 11.5 Å². The third kappa shape index (κ3) is 2.81. The Morgan fingerprint density at radius 2 is 2.29 bits per heavy atom. The lowest BCUT2D eigenvalue weighted by atomic mass is 10.1. The van der Waals surface area contributed by atoms with Crippen molar-refractivity contribution < 1.29 is 19.1 Å². The van der Waals surface area contributed by atoms with E-state index in [4.69, 9.17) is 9.52 Å². The van der Waals surface area contributed by atoms with Gasteiger partial charge in [-0.3, -0.25) is 14.7 Å². The van der Waals surface area contributed by atoms with Crippen molar-refractivity contribution in [3.05, 3.63) is 30.2 Å². The number of carbonyl (C=O) groups excluding carboxylic acids is 1. The summed E-state index contributed by atoms with van der Waals surface area (Å²) >= 11 is 0. The van der Waals surface area contributed by atoms with E-state index in [-0.39, 0.29) is 23.6 Å². The summed E-state index contributed by atoms with van der Waals surface area (Å²) < 4.78 is 5.22. The van der Waals surface area contributed by atoms with Crippen LogP contribution >= 0.6 is 0 Å². The highest BCUT2D eigenvalue weighted by Gasteiger charge is 2.31. The van der Waals surface area contributed by atoms with E-state index >= 15 is 0 Å². The van der Waals surface area contributed by atoms with E-state index < -0.39 is 5.97 Å². The molecule has 2 aromatic rings. The number of H-pyrrole nitrogens is 1. The second-order valence-electron chi connectivity index (χ2n) is 5.16. The Kier molecular flexibility index (Phi) is 3.47. The molecule has 7 nitrogen and oxygen atoms in total. The number of aromatic nitrogens is 2. The minimum Gasteiger partial charge on any atom is -0.481 e. The van der Waals surface area contributed by atoms with Gasteiger partial charge in [0.2, 0.25) is 0 Å². The average molecular weight is 289 g/mol. The number of rotatable bonds is 4. The first-order chi connectivity index (χ1) is 10.1. The number of aromatic amines is 1. The van der Waals surface area contributed by atoms with Gasteiger partial charge in [0.15, 0.2) is 11.5 Å². The lowest BCUT2D eigenvalue weighted by Crippen LogP contribution is -2.33. The minimum atomic E-state index is -0.799. The first-order valence-corrected chi connectivity index (χ1v) is 6.76. The van der Waals surface area contributed by atoms with Gasteiger partial charge in [-0.2, -0.15) is 5.10 Å². The Hall–Kier alpha value is -2.57. The predicted molar refractivity (Wildman–Crippen MR) is 72.5 cm³/mol. The lowest BCUT2D eigenvalue weighted by molar-refractivity contribution is -0.141. The van der Waals surface area contributed by atoms with Crippen LogP contribution in [0.5, 0.6) is 0 Å². The molecule has 1 aliphatic rings. The number of hydrogen-bond acceptors (Lipinski definition) is 4. The molecule has 2 atom stereocenters. The Morgan fingerprint density at radius 3 is 2.95 bits per heavy atom. The molecule has 1 fully saturated rings. The molecule has 1 amide bonds. The maximum atomic E-state index is 12.1. The smallest absolute Gasteiger partial charge is 0.306 e. The zero-order valence-corrected chi connectivity index (χ0v) is 11.2. The Balaban J connectivity index is 1.63. The fraction of sp³-hybridized carbons (Fsp3) is 0.357. The van der Waals surface area contributed by atoms with Crippen molar-refractivity contribution in [1.82, 2.24) is 15.5 Å². The molecule has 2 aromatic heterocycles. The Labute approximate surface area is 120 Å². The van der Waals surface area contributed by atoms with Crippen molar-refractivity contribution in [2.75, 3.05) is 0 Å². The number of furan rings is 1. The summed E-state index contributed by atoms with van der Waals surface area (Å²) in [6.45, 7) is 0. The van der Waals surface area contributed by atoms with Crippen LogP contribution in [0.4, 0.5) is 0 Å². The SMILES string of the molecule is O=C(N[C@@H]1CC[C@H](C(=O)O)C1)c1cc(-c2ccco2)[nH]n1. The molecule has 0 saturated heterocycles. The van der Waals surface area contributed by atoms with Gasteiger partial charge in [-0.05, 0) is 31.4 Å². The van der Waals surface area contributed by atoms with Crippen LogP contribution in [0.2, 0.25) is 0 Å². The summed E-state index contributed by atoms with van der Waals surface area (Å²) in [6, 6.07) is 5.02. The number of aliphatic carboxylic acids is 1. The summed E-state index contributed by atoms with van der Waals surface area (Å²) in [5.41, 5.74) is 0.889. The molecule has 0 bridgehead atoms. The summed E-state index contributed by atoms with van der Waals surface area (Å²) in [5, 5.41) is 18.5. The van der Waals surface area contributed by atoms with Crippen molar-refractivity contribution >= 4 is 11.9 Å². The molecule has 0 aliphatic heterocycles. The highest BCUT2D eigenvalue weighted by Crippen LogP contribution is 2.26. The fourth-order valence-corrected chi connectivity index (χ4v) is 2.59. The predicted octanol–water partition coefficient (Wildman–Crippen LogP) is 1.65. The van der Waals surface area contributed by atoms with Gasteiger partial charge in [-0.25, -0.2) is 0 Å². The Bertz CT molecular complexity index is 647. The summed E-state index contributed by atoms with van der Waals surface area (Å²) in [7, 11) is 0. The van der Waals surface area contributed by atoms with Crippen molar-refractivity contribution in [3.63, 3.8) is 0 Å². The van der Waals surface area contributed by atoms with Gasteiger partial charge in [-0.15, -0.1) is 0 Å². The van der Waals surface area contributed by atoms with Gasteiger partial charge in [0.05, 0.1) is 12.2 Å². The van der Waals surface area contributed by atoms with Crippen LogP contribution in [0.3, 0.4) is 0 Å². The fourth-order valence-electron chi connectivity index (χ4n) is 2.59. The van der Waals surface area contributed by atoms with E-state index in [1.165, 1.54) is 0 Å². The van der Waals surface area contributed by atoms with E-state index in [0.29, 0.717) is 30.7 Å². The zero-order chi connectivity index (χ0) is 14.8. The molecule has 3 rings (SSSR count). The molecular formula is C14H15N3O4. The number of nitrogens with one attached hydrogen (secondary N) is 2. The number of nitrogens with zero attached hydrogens (tertiary/aromatic N) is 1. The molecule has 0 radical (unpaired) electrons. The van der Waals surface area contributed by atoms with Crippen LogP contribution in [-0.2, 0) is 4.79 Å². The second-order valence-corrected chi connectivity index (χ2v) is 5.16. The van der Waals surface area contributed by atoms with Gasteiger partial charge in [0.1, 0.15) is 5.69 Å². The lowest BCUT2D eigenvalue weighted by Gasteiger charge is -2.10. The first kappa shape index (κ1) is 13.4. The number of amides is 1. The molecule has 0 unspecified atom stereocenters. The number of carboxylic acid groups (broad SMARTS) is 1. The first-order valence-electron chi connectivity index (χ1n) is 6.76. The number of hydrogen-bond donors (Lipinski definition) is 3. The van der Waals surface area contributed by atoms with Crippen LogP contribution in [0.25, 0.3) is 11.5 Å². The molecule has 21 heavy (non-hydrogen) atoms. The third-order valence-electron chi connectivity index (χ3n) is 3.71. The van der Waals surface area contributed by atoms with Crippen molar-refractivity contribution in [2.24, 2.45) is 5.92 Å². The monoisotopic (exact) mass is 289 g/mol. The van der Waals surface area contributed by atoms with Gasteiger partial charge in [0, 0.05) is 12.1 Å². The number of carboxylic acids is 1. The summed E-state index contributed by atoms with van der Waals surface area (Å²) in [4.78, 5) is 23.0. The largest absolute Gasteiger partial charge is 0.481 e. The van der Waals surface area contributed by atoms with Crippen LogP contribution in [0.1, 0.15) is 29.8 Å². The topological polar surface area (TPSA) is 108 Å². The van der Waals surface area contributed by atoms with Crippen molar-refractivity contribution in [1.29, 1.82) is 0 Å². The van der Waals surface area contributed by atoms with Gasteiger partial charge < -0.3 is 14.8 Å². The summed E-state index contributed by atoms with van der Waals surface area (Å²) in [5.74, 6) is -0.867. The zero-order valence-electron chi connectivity index (χ0n) is 11.2. The molecule has 3 N–H and O–H groups in total. The number of carbonyl (C=O) groups is 2. The average Bonchev–Trinajstić information content (AvgIpc) is 3.19. The highest BCUT2D eigenvalue weighted by molar-refractivity contribution is 5.93. The van der Waals surface area contributed by atoms with Gasteiger partial charge >= 0.3 is 5.97 Å². The standard InChI is InChI=1S/C14H15N3O4/c18-13(15-9-4-3-8(6-9)14(19)20)11-7-10(16-17-11)12-2-1-5-21-12/h1-2,5,7-9H,3-4,6H2,(H,15,18)(H,16,17)(H,19,20)/t8-,9+/m0/s1. The van der Waals surface area contributed by atoms with Gasteiger partial charge in [-0.1, -0.05) is 0 Å². The minimum absolute atomic E-state index is 0.109. The van der Waals surface area contributed by atoms with E-state index in [9.17, 15) is 9.59 Å². The third-order valence-corrected chi connectivity index (χ3v) is 3.71. The Morgan fingerprint density at radius 1 is 1.43 bits per heavy atom. The van der Waals surface area contributed by atoms with Crippen molar-refractivity contribution in [2.45, 2.75) is 25.3 Å². The molecule has 1 saturated carbocycles. The van der Waals surface area contributed by atoms with E-state index in [1.54, 1.807) is 24.5 Å². The van der Waals surface area contributed by atoms with Crippen LogP contribution in [0, 0.1) is 5.92 Å². The molecule has 0 aromatic carbocycles.